The van der Waals surface area contributed by atoms with Crippen LogP contribution in [-0.4, -0.2) is 66.2 Å². The maximum absolute atomic E-state index is 5.78. The van der Waals surface area contributed by atoms with E-state index in [9.17, 15) is 0 Å². The number of methoxy groups -OCH3 is 1. The van der Waals surface area contributed by atoms with Crippen molar-refractivity contribution in [2.45, 2.75) is 44.9 Å². The molecule has 0 bridgehead atoms. The molecule has 1 aromatic carbocycles. The number of anilines is 1. The number of nitrogens with zero attached hydrogens (tertiary/aromatic N) is 5. The molecule has 2 aliphatic heterocycles. The van der Waals surface area contributed by atoms with Crippen LogP contribution in [0.25, 0.3) is 0 Å². The van der Waals surface area contributed by atoms with E-state index in [0.717, 1.165) is 70.2 Å². The third kappa shape index (κ3) is 4.12. The van der Waals surface area contributed by atoms with Gasteiger partial charge in [0.1, 0.15) is 11.8 Å². The van der Waals surface area contributed by atoms with E-state index in [1.165, 1.54) is 5.69 Å². The van der Waals surface area contributed by atoms with Crippen molar-refractivity contribution in [3.63, 3.8) is 0 Å². The summed E-state index contributed by atoms with van der Waals surface area (Å²) < 4.78 is 13.1. The molecule has 1 aromatic heterocycles. The summed E-state index contributed by atoms with van der Waals surface area (Å²) in [6, 6.07) is 8.65. The third-order valence-electron chi connectivity index (χ3n) is 6.00. The van der Waals surface area contributed by atoms with E-state index >= 15 is 0 Å². The standard InChI is InChI=1S/C20H30N6O2/c1-3-19(20-21-22-23-26(20)15-18-8-5-13-28-18)25-11-9-24(10-12-25)16-6-4-7-17(14-16)27-2/h4,6-7,14,18-19H,3,5,8-13,15H2,1-2H3/p+1/t18-,19-/m1/s1. The molecule has 152 valence electrons. The first-order valence-corrected chi connectivity index (χ1v) is 10.4. The van der Waals surface area contributed by atoms with Crippen molar-refractivity contribution in [3.8, 4) is 5.75 Å². The van der Waals surface area contributed by atoms with Gasteiger partial charge >= 0.3 is 0 Å². The van der Waals surface area contributed by atoms with Gasteiger partial charge < -0.3 is 19.3 Å². The van der Waals surface area contributed by atoms with Crippen LogP contribution in [0.1, 0.15) is 38.1 Å². The van der Waals surface area contributed by atoms with Gasteiger partial charge in [-0.15, -0.1) is 5.10 Å². The van der Waals surface area contributed by atoms with E-state index in [-0.39, 0.29) is 6.10 Å². The lowest BCUT2D eigenvalue weighted by molar-refractivity contribution is -0.933. The van der Waals surface area contributed by atoms with Gasteiger partial charge in [0.15, 0.2) is 0 Å². The second-order valence-electron chi connectivity index (χ2n) is 7.66. The average Bonchev–Trinajstić information content (AvgIpc) is 3.42. The molecule has 2 aliphatic rings. The first-order chi connectivity index (χ1) is 13.8. The van der Waals surface area contributed by atoms with Gasteiger partial charge in [0.05, 0.1) is 45.9 Å². The SMILES string of the molecule is CC[C@H](c1nnnn1C[C@H]1CCCO1)[NH+]1CCN(c2cccc(OC)c2)CC1. The first kappa shape index (κ1) is 19.1. The number of nitrogens with one attached hydrogen (secondary N) is 1. The first-order valence-electron chi connectivity index (χ1n) is 10.4. The molecule has 2 atom stereocenters. The van der Waals surface area contributed by atoms with E-state index in [2.05, 4.69) is 45.5 Å². The number of quaternary nitrogens is 1. The highest BCUT2D eigenvalue weighted by Gasteiger charge is 2.32. The summed E-state index contributed by atoms with van der Waals surface area (Å²) in [5.74, 6) is 1.91. The molecule has 0 saturated carbocycles. The number of benzene rings is 1. The number of hydrogen-bond acceptors (Lipinski definition) is 6. The minimum absolute atomic E-state index is 0.250. The predicted molar refractivity (Wildman–Crippen MR) is 106 cm³/mol. The maximum Gasteiger partial charge on any atom is 0.209 e. The molecule has 0 spiro atoms. The van der Waals surface area contributed by atoms with Crippen LogP contribution in [0.2, 0.25) is 0 Å². The number of hydrogen-bond donors (Lipinski definition) is 1. The van der Waals surface area contributed by atoms with Crippen LogP contribution in [-0.2, 0) is 11.3 Å². The Morgan fingerprint density at radius 2 is 2.18 bits per heavy atom. The van der Waals surface area contributed by atoms with Crippen LogP contribution in [0.4, 0.5) is 5.69 Å². The fourth-order valence-electron chi connectivity index (χ4n) is 4.43. The number of tetrazole rings is 1. The third-order valence-corrected chi connectivity index (χ3v) is 6.00. The lowest BCUT2D eigenvalue weighted by Crippen LogP contribution is -3.15. The Labute approximate surface area is 166 Å². The van der Waals surface area contributed by atoms with Crippen LogP contribution in [0.15, 0.2) is 24.3 Å². The number of ether oxygens (including phenoxy) is 2. The second kappa shape index (κ2) is 8.87. The highest BCUT2D eigenvalue weighted by Crippen LogP contribution is 2.21. The van der Waals surface area contributed by atoms with Crippen molar-refractivity contribution in [1.29, 1.82) is 0 Å². The highest BCUT2D eigenvalue weighted by atomic mass is 16.5. The Hall–Kier alpha value is -2.19. The molecule has 0 amide bonds. The summed E-state index contributed by atoms with van der Waals surface area (Å²) in [6.07, 6.45) is 3.51. The lowest BCUT2D eigenvalue weighted by Gasteiger charge is -2.37. The molecular weight excluding hydrogens is 356 g/mol. The summed E-state index contributed by atoms with van der Waals surface area (Å²) in [6.45, 7) is 8.04. The summed E-state index contributed by atoms with van der Waals surface area (Å²) in [7, 11) is 1.72. The van der Waals surface area contributed by atoms with Gasteiger partial charge in [-0.25, -0.2) is 4.68 Å². The van der Waals surface area contributed by atoms with Crippen molar-refractivity contribution in [2.75, 3.05) is 44.8 Å². The van der Waals surface area contributed by atoms with E-state index in [0.29, 0.717) is 6.04 Å². The minimum atomic E-state index is 0.250. The fraction of sp³-hybridized carbons (Fsp3) is 0.650. The van der Waals surface area contributed by atoms with Gasteiger partial charge in [-0.2, -0.15) is 0 Å². The van der Waals surface area contributed by atoms with Gasteiger partial charge in [-0.1, -0.05) is 13.0 Å². The van der Waals surface area contributed by atoms with E-state index in [1.807, 2.05) is 10.7 Å². The largest absolute Gasteiger partial charge is 0.497 e. The topological polar surface area (TPSA) is 69.7 Å². The molecule has 0 aliphatic carbocycles. The van der Waals surface area contributed by atoms with Crippen LogP contribution in [0.3, 0.4) is 0 Å². The summed E-state index contributed by atoms with van der Waals surface area (Å²) >= 11 is 0. The molecule has 28 heavy (non-hydrogen) atoms. The molecule has 2 fully saturated rings. The van der Waals surface area contributed by atoms with Crippen molar-refractivity contribution in [3.05, 3.63) is 30.1 Å². The summed E-state index contributed by atoms with van der Waals surface area (Å²) in [5.41, 5.74) is 1.23. The number of piperazine rings is 1. The van der Waals surface area contributed by atoms with Gasteiger partial charge in [-0.3, -0.25) is 0 Å². The predicted octanol–water partition coefficient (Wildman–Crippen LogP) is 0.717. The molecule has 0 unspecified atom stereocenters. The van der Waals surface area contributed by atoms with Crippen LogP contribution < -0.4 is 14.5 Å². The molecule has 3 heterocycles. The fourth-order valence-corrected chi connectivity index (χ4v) is 4.43. The van der Waals surface area contributed by atoms with Crippen molar-refractivity contribution >= 4 is 5.69 Å². The smallest absolute Gasteiger partial charge is 0.209 e. The second-order valence-corrected chi connectivity index (χ2v) is 7.66. The molecule has 0 radical (unpaired) electrons. The van der Waals surface area contributed by atoms with E-state index < -0.39 is 0 Å². The highest BCUT2D eigenvalue weighted by molar-refractivity contribution is 5.50. The van der Waals surface area contributed by atoms with Crippen LogP contribution in [0, 0.1) is 0 Å². The minimum Gasteiger partial charge on any atom is -0.497 e. The molecule has 1 N–H and O–H groups in total. The molecule has 8 heteroatoms. The summed E-state index contributed by atoms with van der Waals surface area (Å²) in [4.78, 5) is 4.00. The van der Waals surface area contributed by atoms with E-state index in [4.69, 9.17) is 9.47 Å². The van der Waals surface area contributed by atoms with Gasteiger partial charge in [0, 0.05) is 24.8 Å². The Balaban J connectivity index is 1.41. The molecule has 2 aromatic rings. The normalized spacial score (nSPS) is 21.8. The molecular formula is C20H31N6O2+. The zero-order chi connectivity index (χ0) is 19.3. The number of rotatable bonds is 7. The zero-order valence-electron chi connectivity index (χ0n) is 16.9. The molecule has 4 rings (SSSR count). The number of aromatic nitrogens is 4. The quantitative estimate of drug-likeness (QED) is 0.755. The van der Waals surface area contributed by atoms with E-state index in [1.54, 1.807) is 12.0 Å². The lowest BCUT2D eigenvalue weighted by atomic mass is 10.1. The maximum atomic E-state index is 5.78. The Kier molecular flexibility index (Phi) is 6.07. The zero-order valence-corrected chi connectivity index (χ0v) is 16.9. The molecule has 2 saturated heterocycles. The van der Waals surface area contributed by atoms with Gasteiger partial charge in [0.25, 0.3) is 0 Å². The van der Waals surface area contributed by atoms with Crippen LogP contribution >= 0.6 is 0 Å². The van der Waals surface area contributed by atoms with Crippen LogP contribution in [0.5, 0.6) is 5.75 Å². The Bertz CT molecular complexity index is 753. The van der Waals surface area contributed by atoms with Gasteiger partial charge in [0.2, 0.25) is 5.82 Å². The monoisotopic (exact) mass is 387 g/mol. The molecule has 8 nitrogen and oxygen atoms in total. The Morgan fingerprint density at radius 1 is 1.32 bits per heavy atom. The van der Waals surface area contributed by atoms with Crippen molar-refractivity contribution in [2.24, 2.45) is 0 Å². The Morgan fingerprint density at radius 3 is 2.89 bits per heavy atom. The average molecular weight is 388 g/mol. The van der Waals surface area contributed by atoms with Crippen molar-refractivity contribution < 1.29 is 14.4 Å². The van der Waals surface area contributed by atoms with Crippen molar-refractivity contribution in [1.82, 2.24) is 20.2 Å². The summed E-state index contributed by atoms with van der Waals surface area (Å²) in [5, 5.41) is 12.6. The van der Waals surface area contributed by atoms with Gasteiger partial charge in [-0.05, 0) is 35.4 Å².